The number of carbonyl (C=O) groups is 2. The summed E-state index contributed by atoms with van der Waals surface area (Å²) in [4.78, 5) is 31.2. The van der Waals surface area contributed by atoms with Crippen molar-refractivity contribution < 1.29 is 22.8 Å². The summed E-state index contributed by atoms with van der Waals surface area (Å²) >= 11 is 5.52. The van der Waals surface area contributed by atoms with Gasteiger partial charge in [0.1, 0.15) is 5.69 Å². The maximum Gasteiger partial charge on any atom is 0.417 e. The summed E-state index contributed by atoms with van der Waals surface area (Å²) in [5, 5.41) is 5.59. The fraction of sp³-hybridized carbons (Fsp3) is 0.188. The van der Waals surface area contributed by atoms with E-state index in [1.165, 1.54) is 31.6 Å². The number of aromatic nitrogens is 2. The van der Waals surface area contributed by atoms with Gasteiger partial charge in [0.2, 0.25) is 5.91 Å². The summed E-state index contributed by atoms with van der Waals surface area (Å²) in [5.74, 6) is -1.23. The Labute approximate surface area is 156 Å². The highest BCUT2D eigenvalue weighted by molar-refractivity contribution is 6.31. The third-order valence-corrected chi connectivity index (χ3v) is 3.45. The molecule has 0 atom stereocenters. The zero-order chi connectivity index (χ0) is 20.0. The van der Waals surface area contributed by atoms with Gasteiger partial charge >= 0.3 is 6.18 Å². The van der Waals surface area contributed by atoms with Gasteiger partial charge in [0.15, 0.2) is 0 Å². The molecule has 0 saturated carbocycles. The fourth-order valence-electron chi connectivity index (χ4n) is 1.92. The molecule has 11 heteroatoms. The summed E-state index contributed by atoms with van der Waals surface area (Å²) in [6.45, 7) is 1.47. The lowest BCUT2D eigenvalue weighted by Gasteiger charge is -2.11. The molecule has 0 fully saturated rings. The Bertz CT molecular complexity index is 872. The highest BCUT2D eigenvalue weighted by Gasteiger charge is 2.33. The number of nitrogens with one attached hydrogen (secondary N) is 2. The first-order valence-corrected chi connectivity index (χ1v) is 7.80. The monoisotopic (exact) mass is 399 g/mol. The molecule has 0 saturated heterocycles. The molecule has 0 spiro atoms. The standard InChI is InChI=1S/C16H13ClF3N5O2/c1-9(24-25-15(27)13-8-21-4-5-22-13)6-14(26)23-10-2-3-12(17)11(7-10)16(18,19)20/h2-5,7-8H,6H2,1H3,(H,23,26)(H,25,27)/b24-9-. The molecule has 0 bridgehead atoms. The van der Waals surface area contributed by atoms with Crippen LogP contribution < -0.4 is 10.7 Å². The Kier molecular flexibility index (Phi) is 6.45. The minimum Gasteiger partial charge on any atom is -0.326 e. The predicted molar refractivity (Wildman–Crippen MR) is 92.3 cm³/mol. The van der Waals surface area contributed by atoms with E-state index in [0.29, 0.717) is 0 Å². The van der Waals surface area contributed by atoms with E-state index in [-0.39, 0.29) is 23.5 Å². The van der Waals surface area contributed by atoms with Crippen molar-refractivity contribution in [3.63, 3.8) is 0 Å². The lowest BCUT2D eigenvalue weighted by atomic mass is 10.2. The first kappa shape index (κ1) is 20.3. The minimum atomic E-state index is -4.64. The van der Waals surface area contributed by atoms with Gasteiger partial charge in [-0.25, -0.2) is 10.4 Å². The number of hydrazone groups is 1. The van der Waals surface area contributed by atoms with Crippen LogP contribution in [0.25, 0.3) is 0 Å². The number of benzene rings is 1. The van der Waals surface area contributed by atoms with Crippen molar-refractivity contribution in [1.29, 1.82) is 0 Å². The third kappa shape index (κ3) is 6.03. The summed E-state index contributed by atoms with van der Waals surface area (Å²) in [7, 11) is 0. The molecule has 142 valence electrons. The number of anilines is 1. The second-order valence-corrected chi connectivity index (χ2v) is 5.70. The third-order valence-electron chi connectivity index (χ3n) is 3.12. The number of carbonyl (C=O) groups excluding carboxylic acids is 2. The van der Waals surface area contributed by atoms with Crippen LogP contribution in [0.5, 0.6) is 0 Å². The van der Waals surface area contributed by atoms with Crippen LogP contribution in [0.15, 0.2) is 41.9 Å². The number of nitrogens with zero attached hydrogens (tertiary/aromatic N) is 3. The predicted octanol–water partition coefficient (Wildman–Crippen LogP) is 3.28. The molecule has 2 amide bonds. The Morgan fingerprint density at radius 1 is 1.26 bits per heavy atom. The molecule has 0 aliphatic carbocycles. The highest BCUT2D eigenvalue weighted by atomic mass is 35.5. The van der Waals surface area contributed by atoms with Crippen molar-refractivity contribution in [2.45, 2.75) is 19.5 Å². The molecular weight excluding hydrogens is 387 g/mol. The number of amides is 2. The lowest BCUT2D eigenvalue weighted by Crippen LogP contribution is -2.22. The Morgan fingerprint density at radius 3 is 2.63 bits per heavy atom. The number of hydrogen-bond acceptors (Lipinski definition) is 5. The first-order valence-electron chi connectivity index (χ1n) is 7.43. The quantitative estimate of drug-likeness (QED) is 0.595. The van der Waals surface area contributed by atoms with Gasteiger partial charge in [-0.15, -0.1) is 0 Å². The van der Waals surface area contributed by atoms with E-state index in [2.05, 4.69) is 25.8 Å². The normalized spacial score (nSPS) is 11.8. The van der Waals surface area contributed by atoms with E-state index < -0.39 is 28.6 Å². The van der Waals surface area contributed by atoms with E-state index in [1.807, 2.05) is 0 Å². The Hall–Kier alpha value is -3.01. The van der Waals surface area contributed by atoms with E-state index >= 15 is 0 Å². The molecule has 1 aromatic carbocycles. The topological polar surface area (TPSA) is 96.3 Å². The second-order valence-electron chi connectivity index (χ2n) is 5.30. The summed E-state index contributed by atoms with van der Waals surface area (Å²) in [6.07, 6.45) is -0.910. The average molecular weight is 400 g/mol. The van der Waals surface area contributed by atoms with Crippen molar-refractivity contribution in [3.05, 3.63) is 53.1 Å². The van der Waals surface area contributed by atoms with E-state index in [9.17, 15) is 22.8 Å². The van der Waals surface area contributed by atoms with Crippen LogP contribution >= 0.6 is 11.6 Å². The van der Waals surface area contributed by atoms with Gasteiger partial charge in [-0.2, -0.15) is 18.3 Å². The van der Waals surface area contributed by atoms with Crippen LogP contribution in [0, 0.1) is 0 Å². The first-order chi connectivity index (χ1) is 12.7. The zero-order valence-corrected chi connectivity index (χ0v) is 14.6. The van der Waals surface area contributed by atoms with Crippen molar-refractivity contribution >= 4 is 34.8 Å². The average Bonchev–Trinajstić information content (AvgIpc) is 2.61. The molecule has 2 rings (SSSR count). The van der Waals surface area contributed by atoms with Crippen molar-refractivity contribution in [2.75, 3.05) is 5.32 Å². The molecule has 0 unspecified atom stereocenters. The number of halogens is 4. The van der Waals surface area contributed by atoms with Crippen LogP contribution in [-0.2, 0) is 11.0 Å². The van der Waals surface area contributed by atoms with Crippen LogP contribution in [0.1, 0.15) is 29.4 Å². The van der Waals surface area contributed by atoms with Crippen LogP contribution in [-0.4, -0.2) is 27.5 Å². The molecule has 1 heterocycles. The molecule has 0 radical (unpaired) electrons. The number of rotatable bonds is 5. The van der Waals surface area contributed by atoms with Crippen LogP contribution in [0.2, 0.25) is 5.02 Å². The van der Waals surface area contributed by atoms with Crippen molar-refractivity contribution in [3.8, 4) is 0 Å². The summed E-state index contributed by atoms with van der Waals surface area (Å²) in [5.41, 5.74) is 1.36. The maximum absolute atomic E-state index is 12.8. The van der Waals surface area contributed by atoms with Gasteiger partial charge in [0, 0.05) is 23.8 Å². The molecule has 0 aliphatic rings. The number of alkyl halides is 3. The van der Waals surface area contributed by atoms with Crippen LogP contribution in [0.4, 0.5) is 18.9 Å². The molecule has 7 nitrogen and oxygen atoms in total. The van der Waals surface area contributed by atoms with Crippen molar-refractivity contribution in [1.82, 2.24) is 15.4 Å². The molecule has 27 heavy (non-hydrogen) atoms. The van der Waals surface area contributed by atoms with Crippen LogP contribution in [0.3, 0.4) is 0 Å². The van der Waals surface area contributed by atoms with E-state index in [4.69, 9.17) is 11.6 Å². The van der Waals surface area contributed by atoms with Crippen molar-refractivity contribution in [2.24, 2.45) is 5.10 Å². The fourth-order valence-corrected chi connectivity index (χ4v) is 2.14. The molecular formula is C16H13ClF3N5O2. The number of hydrogen-bond donors (Lipinski definition) is 2. The van der Waals surface area contributed by atoms with Gasteiger partial charge in [-0.1, -0.05) is 11.6 Å². The molecule has 2 N–H and O–H groups in total. The van der Waals surface area contributed by atoms with Gasteiger partial charge in [-0.05, 0) is 25.1 Å². The molecule has 1 aromatic heterocycles. The lowest BCUT2D eigenvalue weighted by molar-refractivity contribution is -0.137. The van der Waals surface area contributed by atoms with Gasteiger partial charge in [0.25, 0.3) is 5.91 Å². The Balaban J connectivity index is 1.96. The SMILES string of the molecule is C/C(CC(=O)Nc1ccc(Cl)c(C(F)(F)F)c1)=N/NC(=O)c1cnccn1. The Morgan fingerprint density at radius 2 is 2.00 bits per heavy atom. The zero-order valence-electron chi connectivity index (χ0n) is 13.8. The minimum absolute atomic E-state index is 0.0411. The molecule has 0 aliphatic heterocycles. The molecule has 2 aromatic rings. The van der Waals surface area contributed by atoms with Gasteiger partial charge in [0.05, 0.1) is 23.2 Å². The van der Waals surface area contributed by atoms with Gasteiger partial charge in [-0.3, -0.25) is 14.6 Å². The second kappa shape index (κ2) is 8.58. The van der Waals surface area contributed by atoms with E-state index in [0.717, 1.165) is 12.1 Å². The van der Waals surface area contributed by atoms with Gasteiger partial charge < -0.3 is 5.32 Å². The largest absolute Gasteiger partial charge is 0.417 e. The van der Waals surface area contributed by atoms with E-state index in [1.54, 1.807) is 0 Å². The highest BCUT2D eigenvalue weighted by Crippen LogP contribution is 2.36. The summed E-state index contributed by atoms with van der Waals surface area (Å²) < 4.78 is 38.5. The maximum atomic E-state index is 12.8. The smallest absolute Gasteiger partial charge is 0.326 e. The summed E-state index contributed by atoms with van der Waals surface area (Å²) in [6, 6.07) is 3.03.